The van der Waals surface area contributed by atoms with Gasteiger partial charge in [0.1, 0.15) is 5.75 Å². The maximum atomic E-state index is 10.1. The minimum Gasteiger partial charge on any atom is -0.506 e. The highest BCUT2D eigenvalue weighted by Gasteiger charge is 2.20. The van der Waals surface area contributed by atoms with Gasteiger partial charge in [0, 0.05) is 38.4 Å². The summed E-state index contributed by atoms with van der Waals surface area (Å²) in [6.45, 7) is 5.08. The van der Waals surface area contributed by atoms with Gasteiger partial charge >= 0.3 is 0 Å². The van der Waals surface area contributed by atoms with Gasteiger partial charge in [-0.25, -0.2) is 0 Å². The third-order valence-electron chi connectivity index (χ3n) is 3.75. The third-order valence-corrected chi connectivity index (χ3v) is 3.75. The highest BCUT2D eigenvalue weighted by molar-refractivity contribution is 5.71. The van der Waals surface area contributed by atoms with Crippen molar-refractivity contribution in [2.75, 3.05) is 50.0 Å². The van der Waals surface area contributed by atoms with Gasteiger partial charge in [-0.05, 0) is 31.2 Å². The Morgan fingerprint density at radius 3 is 2.71 bits per heavy atom. The summed E-state index contributed by atoms with van der Waals surface area (Å²) in [5.41, 5.74) is 3.41. The number of likely N-dealkylation sites (N-methyl/N-ethyl adjacent to an activating group) is 1. The van der Waals surface area contributed by atoms with Crippen LogP contribution in [0.1, 0.15) is 5.56 Å². The first-order chi connectivity index (χ1) is 8.24. The summed E-state index contributed by atoms with van der Waals surface area (Å²) in [6.07, 6.45) is 1.02. The zero-order valence-corrected chi connectivity index (χ0v) is 10.2. The number of phenols is 1. The Kier molecular flexibility index (Phi) is 2.59. The standard InChI is InChI=1S/C13H19N3O/c1-15-4-6-16(7-5-15)12-9-11-10(2-3-14-11)8-13(12)17/h8-9,14,17H,2-7H2,1H3. The molecule has 1 aromatic rings. The summed E-state index contributed by atoms with van der Waals surface area (Å²) < 4.78 is 0. The predicted molar refractivity (Wildman–Crippen MR) is 70.0 cm³/mol. The van der Waals surface area contributed by atoms with Crippen molar-refractivity contribution in [3.05, 3.63) is 17.7 Å². The molecule has 0 amide bonds. The summed E-state index contributed by atoms with van der Waals surface area (Å²) in [4.78, 5) is 4.59. The van der Waals surface area contributed by atoms with Crippen molar-refractivity contribution in [1.82, 2.24) is 4.90 Å². The molecule has 92 valence electrons. The second-order valence-electron chi connectivity index (χ2n) is 4.97. The molecule has 0 aromatic heterocycles. The van der Waals surface area contributed by atoms with Crippen LogP contribution in [0.2, 0.25) is 0 Å². The number of phenolic OH excluding ortho intramolecular Hbond substituents is 1. The molecular formula is C13H19N3O. The molecule has 0 unspecified atom stereocenters. The molecular weight excluding hydrogens is 214 g/mol. The molecule has 1 saturated heterocycles. The van der Waals surface area contributed by atoms with Crippen LogP contribution in [0.4, 0.5) is 11.4 Å². The molecule has 0 aliphatic carbocycles. The molecule has 1 aromatic carbocycles. The van der Waals surface area contributed by atoms with Crippen LogP contribution in [-0.2, 0) is 6.42 Å². The molecule has 0 radical (unpaired) electrons. The van der Waals surface area contributed by atoms with Crippen LogP contribution in [0.15, 0.2) is 12.1 Å². The van der Waals surface area contributed by atoms with Gasteiger partial charge in [-0.2, -0.15) is 0 Å². The van der Waals surface area contributed by atoms with E-state index < -0.39 is 0 Å². The monoisotopic (exact) mass is 233 g/mol. The van der Waals surface area contributed by atoms with E-state index in [1.807, 2.05) is 6.07 Å². The number of anilines is 2. The first-order valence-electron chi connectivity index (χ1n) is 6.27. The fourth-order valence-corrected chi connectivity index (χ4v) is 2.62. The highest BCUT2D eigenvalue weighted by atomic mass is 16.3. The molecule has 0 atom stereocenters. The number of benzene rings is 1. The van der Waals surface area contributed by atoms with Gasteiger partial charge in [0.25, 0.3) is 0 Å². The van der Waals surface area contributed by atoms with Crippen LogP contribution in [0.25, 0.3) is 0 Å². The van der Waals surface area contributed by atoms with Crippen LogP contribution >= 0.6 is 0 Å². The van der Waals surface area contributed by atoms with Crippen LogP contribution < -0.4 is 10.2 Å². The number of rotatable bonds is 1. The number of fused-ring (bicyclic) bond motifs is 1. The fraction of sp³-hybridized carbons (Fsp3) is 0.538. The van der Waals surface area contributed by atoms with Crippen molar-refractivity contribution in [2.24, 2.45) is 0 Å². The first-order valence-corrected chi connectivity index (χ1v) is 6.27. The van der Waals surface area contributed by atoms with Gasteiger partial charge < -0.3 is 20.2 Å². The van der Waals surface area contributed by atoms with E-state index in [9.17, 15) is 5.11 Å². The lowest BCUT2D eigenvalue weighted by atomic mass is 10.1. The zero-order chi connectivity index (χ0) is 11.8. The molecule has 2 aliphatic heterocycles. The van der Waals surface area contributed by atoms with E-state index in [4.69, 9.17) is 0 Å². The predicted octanol–water partition coefficient (Wildman–Crippen LogP) is 1.11. The third kappa shape index (κ3) is 1.93. The van der Waals surface area contributed by atoms with E-state index in [-0.39, 0.29) is 0 Å². The quantitative estimate of drug-likeness (QED) is 0.713. The number of hydrogen-bond acceptors (Lipinski definition) is 4. The average Bonchev–Trinajstić information content (AvgIpc) is 2.76. The zero-order valence-electron chi connectivity index (χ0n) is 10.2. The number of nitrogens with one attached hydrogen (secondary N) is 1. The van der Waals surface area contributed by atoms with Crippen LogP contribution in [-0.4, -0.2) is 49.8 Å². The Labute approximate surface area is 102 Å². The van der Waals surface area contributed by atoms with Crippen molar-refractivity contribution >= 4 is 11.4 Å². The lowest BCUT2D eigenvalue weighted by Crippen LogP contribution is -2.44. The molecule has 0 spiro atoms. The average molecular weight is 233 g/mol. The molecule has 17 heavy (non-hydrogen) atoms. The first kappa shape index (κ1) is 10.7. The lowest BCUT2D eigenvalue weighted by molar-refractivity contribution is 0.311. The molecule has 2 N–H and O–H groups in total. The molecule has 1 fully saturated rings. The highest BCUT2D eigenvalue weighted by Crippen LogP contribution is 2.36. The number of piperazine rings is 1. The van der Waals surface area contributed by atoms with Crippen molar-refractivity contribution in [1.29, 1.82) is 0 Å². The van der Waals surface area contributed by atoms with Crippen molar-refractivity contribution < 1.29 is 5.11 Å². The minimum absolute atomic E-state index is 0.428. The van der Waals surface area contributed by atoms with Crippen molar-refractivity contribution in [3.63, 3.8) is 0 Å². The maximum Gasteiger partial charge on any atom is 0.139 e. The molecule has 0 saturated carbocycles. The minimum atomic E-state index is 0.428. The molecule has 0 bridgehead atoms. The Balaban J connectivity index is 1.87. The SMILES string of the molecule is CN1CCN(c2cc3c(cc2O)CCN3)CC1. The summed E-state index contributed by atoms with van der Waals surface area (Å²) >= 11 is 0. The molecule has 4 nitrogen and oxygen atoms in total. The maximum absolute atomic E-state index is 10.1. The second kappa shape index (κ2) is 4.11. The van der Waals surface area contributed by atoms with Crippen molar-refractivity contribution in [3.8, 4) is 5.75 Å². The number of hydrogen-bond donors (Lipinski definition) is 2. The van der Waals surface area contributed by atoms with Gasteiger partial charge in [0.2, 0.25) is 0 Å². The van der Waals surface area contributed by atoms with E-state index in [0.29, 0.717) is 5.75 Å². The largest absolute Gasteiger partial charge is 0.506 e. The van der Waals surface area contributed by atoms with Crippen molar-refractivity contribution in [2.45, 2.75) is 6.42 Å². The van der Waals surface area contributed by atoms with E-state index in [0.717, 1.165) is 44.8 Å². The summed E-state index contributed by atoms with van der Waals surface area (Å²) in [5, 5.41) is 13.5. The molecule has 3 rings (SSSR count). The van der Waals surface area contributed by atoms with E-state index >= 15 is 0 Å². The Hall–Kier alpha value is -1.42. The second-order valence-corrected chi connectivity index (χ2v) is 4.97. The normalized spacial score (nSPS) is 20.2. The smallest absolute Gasteiger partial charge is 0.139 e. The van der Waals surface area contributed by atoms with Gasteiger partial charge in [-0.1, -0.05) is 0 Å². The van der Waals surface area contributed by atoms with Gasteiger partial charge in [0.15, 0.2) is 0 Å². The topological polar surface area (TPSA) is 38.7 Å². The van der Waals surface area contributed by atoms with Gasteiger partial charge in [-0.15, -0.1) is 0 Å². The summed E-state index contributed by atoms with van der Waals surface area (Å²) in [5.74, 6) is 0.428. The Morgan fingerprint density at radius 1 is 1.18 bits per heavy atom. The lowest BCUT2D eigenvalue weighted by Gasteiger charge is -2.34. The Morgan fingerprint density at radius 2 is 1.94 bits per heavy atom. The van der Waals surface area contributed by atoms with Crippen LogP contribution in [0.5, 0.6) is 5.75 Å². The van der Waals surface area contributed by atoms with Crippen LogP contribution in [0.3, 0.4) is 0 Å². The fourth-order valence-electron chi connectivity index (χ4n) is 2.62. The van der Waals surface area contributed by atoms with Gasteiger partial charge in [-0.3, -0.25) is 0 Å². The molecule has 2 aliphatic rings. The van der Waals surface area contributed by atoms with Crippen LogP contribution in [0, 0.1) is 0 Å². The number of aromatic hydroxyl groups is 1. The summed E-state index contributed by atoms with van der Waals surface area (Å²) in [7, 11) is 2.14. The van der Waals surface area contributed by atoms with E-state index in [1.54, 1.807) is 0 Å². The molecule has 4 heteroatoms. The van der Waals surface area contributed by atoms with E-state index in [1.165, 1.54) is 11.3 Å². The van der Waals surface area contributed by atoms with Gasteiger partial charge in [0.05, 0.1) is 5.69 Å². The summed E-state index contributed by atoms with van der Waals surface area (Å²) in [6, 6.07) is 4.02. The number of nitrogens with zero attached hydrogens (tertiary/aromatic N) is 2. The Bertz CT molecular complexity index is 425. The van der Waals surface area contributed by atoms with E-state index in [2.05, 4.69) is 28.2 Å². The molecule has 2 heterocycles.